The smallest absolute Gasteiger partial charge is 0.336 e. The van der Waals surface area contributed by atoms with Gasteiger partial charge >= 0.3 is 5.97 Å². The number of nitrogens with one attached hydrogen (secondary N) is 1. The van der Waals surface area contributed by atoms with Crippen molar-refractivity contribution in [2.45, 2.75) is 0 Å². The monoisotopic (exact) mass is 262 g/mol. The Balaban J connectivity index is 2.67. The Hall–Kier alpha value is -2.32. The third-order valence-corrected chi connectivity index (χ3v) is 2.69. The molecule has 1 heterocycles. The van der Waals surface area contributed by atoms with Crippen LogP contribution in [-0.2, 0) is 14.3 Å². The topological polar surface area (TPSA) is 59.8 Å². The van der Waals surface area contributed by atoms with Crippen LogP contribution in [0.5, 0.6) is 0 Å². The zero-order valence-electron chi connectivity index (χ0n) is 9.28. The highest BCUT2D eigenvalue weighted by atomic mass is 35.5. The first kappa shape index (κ1) is 12.1. The van der Waals surface area contributed by atoms with Crippen LogP contribution in [0.4, 0.5) is 5.69 Å². The number of hydrogen-bond acceptors (Lipinski definition) is 3. The first-order chi connectivity index (χ1) is 8.58. The molecule has 90 valence electrons. The quantitative estimate of drug-likeness (QED) is 0.479. The summed E-state index contributed by atoms with van der Waals surface area (Å²) >= 11 is 5.80. The molecule has 1 amide bonds. The molecule has 0 aromatic heterocycles. The standard InChI is InChI=1S/C12H7ClN2O3/c1-14-10(12(17)18-2)9-7-4-3-6(13)5-8(7)15-11(9)16/h3-5H,2H3,(H,15,16)/b10-9+. The number of carbonyl (C=O) groups excluding carboxylic acids is 2. The molecule has 1 aliphatic rings. The highest BCUT2D eigenvalue weighted by molar-refractivity contribution is 6.37. The maximum absolute atomic E-state index is 11.8. The number of fused-ring (bicyclic) bond motifs is 1. The molecule has 18 heavy (non-hydrogen) atoms. The highest BCUT2D eigenvalue weighted by Crippen LogP contribution is 2.36. The first-order valence-electron chi connectivity index (χ1n) is 4.89. The van der Waals surface area contributed by atoms with Gasteiger partial charge in [-0.2, -0.15) is 0 Å². The summed E-state index contributed by atoms with van der Waals surface area (Å²) in [5.41, 5.74) is 0.632. The van der Waals surface area contributed by atoms with Gasteiger partial charge in [-0.25, -0.2) is 4.85 Å². The molecule has 0 radical (unpaired) electrons. The summed E-state index contributed by atoms with van der Waals surface area (Å²) in [6.07, 6.45) is 0. The average molecular weight is 263 g/mol. The van der Waals surface area contributed by atoms with E-state index in [2.05, 4.69) is 14.9 Å². The van der Waals surface area contributed by atoms with E-state index in [9.17, 15) is 9.59 Å². The molecule has 0 saturated heterocycles. The van der Waals surface area contributed by atoms with Crippen molar-refractivity contribution in [2.75, 3.05) is 12.4 Å². The molecule has 0 aliphatic carbocycles. The molecule has 0 spiro atoms. The Morgan fingerprint density at radius 1 is 1.50 bits per heavy atom. The van der Waals surface area contributed by atoms with Crippen LogP contribution in [-0.4, -0.2) is 19.0 Å². The number of carbonyl (C=O) groups is 2. The number of nitrogens with zero attached hydrogens (tertiary/aromatic N) is 1. The van der Waals surface area contributed by atoms with E-state index < -0.39 is 11.9 Å². The largest absolute Gasteiger partial charge is 0.474 e. The predicted molar refractivity (Wildman–Crippen MR) is 65.6 cm³/mol. The second-order valence-electron chi connectivity index (χ2n) is 3.47. The van der Waals surface area contributed by atoms with Crippen LogP contribution in [0.1, 0.15) is 5.56 Å². The van der Waals surface area contributed by atoms with Gasteiger partial charge in [0.1, 0.15) is 0 Å². The van der Waals surface area contributed by atoms with Gasteiger partial charge in [-0.15, -0.1) is 0 Å². The Bertz CT molecular complexity index is 629. The van der Waals surface area contributed by atoms with Crippen LogP contribution in [0.3, 0.4) is 0 Å². The second kappa shape index (κ2) is 4.51. The van der Waals surface area contributed by atoms with Gasteiger partial charge in [-0.1, -0.05) is 17.7 Å². The number of esters is 1. The van der Waals surface area contributed by atoms with E-state index in [4.69, 9.17) is 18.2 Å². The Labute approximate surface area is 108 Å². The fourth-order valence-corrected chi connectivity index (χ4v) is 1.85. The minimum absolute atomic E-state index is 0.0171. The molecule has 0 fully saturated rings. The van der Waals surface area contributed by atoms with Gasteiger partial charge in [0.15, 0.2) is 0 Å². The van der Waals surface area contributed by atoms with Crippen LogP contribution < -0.4 is 5.32 Å². The molecular weight excluding hydrogens is 256 g/mol. The van der Waals surface area contributed by atoms with Gasteiger partial charge in [0.05, 0.1) is 19.3 Å². The minimum atomic E-state index is -0.835. The predicted octanol–water partition coefficient (Wildman–Crippen LogP) is 2.10. The van der Waals surface area contributed by atoms with E-state index in [0.29, 0.717) is 16.3 Å². The van der Waals surface area contributed by atoms with Crippen molar-refractivity contribution in [3.05, 3.63) is 45.9 Å². The molecule has 6 heteroatoms. The van der Waals surface area contributed by atoms with E-state index in [-0.39, 0.29) is 11.3 Å². The second-order valence-corrected chi connectivity index (χ2v) is 3.91. The zero-order chi connectivity index (χ0) is 13.3. The summed E-state index contributed by atoms with van der Waals surface area (Å²) < 4.78 is 4.49. The molecule has 1 aromatic carbocycles. The normalized spacial score (nSPS) is 15.5. The Morgan fingerprint density at radius 2 is 2.22 bits per heavy atom. The van der Waals surface area contributed by atoms with Crippen LogP contribution in [0, 0.1) is 6.57 Å². The SMILES string of the molecule is [C-]#[N+]/C(C(=O)OC)=C1/C(=O)Nc2cc(Cl)ccc21. The molecule has 0 atom stereocenters. The van der Waals surface area contributed by atoms with Crippen LogP contribution in [0.15, 0.2) is 23.9 Å². The molecule has 1 N–H and O–H groups in total. The number of halogens is 1. The van der Waals surface area contributed by atoms with E-state index in [1.54, 1.807) is 18.2 Å². The summed E-state index contributed by atoms with van der Waals surface area (Å²) in [7, 11) is 1.16. The number of anilines is 1. The van der Waals surface area contributed by atoms with Crippen molar-refractivity contribution in [1.82, 2.24) is 0 Å². The summed E-state index contributed by atoms with van der Waals surface area (Å²) in [5.74, 6) is -1.35. The number of hydrogen-bond donors (Lipinski definition) is 1. The fourth-order valence-electron chi connectivity index (χ4n) is 1.68. The third-order valence-electron chi connectivity index (χ3n) is 2.45. The molecular formula is C12H7ClN2O3. The van der Waals surface area contributed by atoms with E-state index in [1.807, 2.05) is 0 Å². The molecule has 0 unspecified atom stereocenters. The summed E-state index contributed by atoms with van der Waals surface area (Å²) in [5, 5.41) is 3.01. The lowest BCUT2D eigenvalue weighted by atomic mass is 10.1. The van der Waals surface area contributed by atoms with Crippen LogP contribution >= 0.6 is 11.6 Å². The van der Waals surface area contributed by atoms with Crippen molar-refractivity contribution in [2.24, 2.45) is 0 Å². The lowest BCUT2D eigenvalue weighted by Gasteiger charge is -2.01. The molecule has 0 bridgehead atoms. The Morgan fingerprint density at radius 3 is 2.83 bits per heavy atom. The van der Waals surface area contributed by atoms with E-state index in [0.717, 1.165) is 7.11 Å². The third kappa shape index (κ3) is 1.83. The minimum Gasteiger partial charge on any atom is -0.474 e. The molecule has 2 rings (SSSR count). The van der Waals surface area contributed by atoms with Crippen molar-refractivity contribution < 1.29 is 14.3 Å². The van der Waals surface area contributed by atoms with Crippen molar-refractivity contribution in [3.63, 3.8) is 0 Å². The van der Waals surface area contributed by atoms with Gasteiger partial charge in [-0.3, -0.25) is 9.59 Å². The van der Waals surface area contributed by atoms with Gasteiger partial charge in [0.2, 0.25) is 5.91 Å². The highest BCUT2D eigenvalue weighted by Gasteiger charge is 2.31. The number of rotatable bonds is 1. The average Bonchev–Trinajstić information content (AvgIpc) is 2.66. The summed E-state index contributed by atoms with van der Waals surface area (Å²) in [6.45, 7) is 6.99. The molecule has 0 saturated carbocycles. The van der Waals surface area contributed by atoms with Gasteiger partial charge < -0.3 is 10.1 Å². The number of methoxy groups -OCH3 is 1. The Kier molecular flexibility index (Phi) is 3.04. The first-order valence-corrected chi connectivity index (χ1v) is 5.27. The van der Waals surface area contributed by atoms with E-state index in [1.165, 1.54) is 0 Å². The maximum Gasteiger partial charge on any atom is 0.336 e. The molecule has 1 aromatic rings. The van der Waals surface area contributed by atoms with Gasteiger partial charge in [-0.05, 0) is 12.1 Å². The van der Waals surface area contributed by atoms with Crippen molar-refractivity contribution in [3.8, 4) is 0 Å². The number of ether oxygens (including phenoxy) is 1. The molecule has 1 aliphatic heterocycles. The zero-order valence-corrected chi connectivity index (χ0v) is 10.0. The van der Waals surface area contributed by atoms with Gasteiger partial charge in [0.25, 0.3) is 5.70 Å². The lowest BCUT2D eigenvalue weighted by Crippen LogP contribution is -2.10. The lowest BCUT2D eigenvalue weighted by molar-refractivity contribution is -0.135. The number of amides is 1. The van der Waals surface area contributed by atoms with Crippen molar-refractivity contribution >= 4 is 34.7 Å². The van der Waals surface area contributed by atoms with Crippen LogP contribution in [0.25, 0.3) is 10.4 Å². The maximum atomic E-state index is 11.8. The number of benzene rings is 1. The molecule has 5 nitrogen and oxygen atoms in total. The van der Waals surface area contributed by atoms with Crippen LogP contribution in [0.2, 0.25) is 5.02 Å². The van der Waals surface area contributed by atoms with Gasteiger partial charge in [0, 0.05) is 16.3 Å². The summed E-state index contributed by atoms with van der Waals surface area (Å²) in [6, 6.07) is 4.72. The fraction of sp³-hybridized carbons (Fsp3) is 0.0833. The summed E-state index contributed by atoms with van der Waals surface area (Å²) in [4.78, 5) is 26.3. The van der Waals surface area contributed by atoms with E-state index >= 15 is 0 Å². The van der Waals surface area contributed by atoms with Crippen molar-refractivity contribution in [1.29, 1.82) is 0 Å².